The van der Waals surface area contributed by atoms with Gasteiger partial charge in [0.15, 0.2) is 0 Å². The molecule has 1 aromatic carbocycles. The van der Waals surface area contributed by atoms with Crippen molar-refractivity contribution in [1.82, 2.24) is 0 Å². The molecule has 1 saturated carbocycles. The molecule has 0 radical (unpaired) electrons. The summed E-state index contributed by atoms with van der Waals surface area (Å²) in [5.41, 5.74) is 8.71. The first-order chi connectivity index (χ1) is 7.83. The summed E-state index contributed by atoms with van der Waals surface area (Å²) in [5, 5.41) is 0. The molecular formula is C14H19NO. The van der Waals surface area contributed by atoms with Gasteiger partial charge >= 0.3 is 0 Å². The van der Waals surface area contributed by atoms with Gasteiger partial charge in [0.05, 0.1) is 6.61 Å². The summed E-state index contributed by atoms with van der Waals surface area (Å²) >= 11 is 0. The number of benzene rings is 1. The van der Waals surface area contributed by atoms with Gasteiger partial charge in [0.1, 0.15) is 5.75 Å². The van der Waals surface area contributed by atoms with Crippen LogP contribution in [0.1, 0.15) is 42.9 Å². The zero-order chi connectivity index (χ0) is 11.0. The minimum absolute atomic E-state index is 0.246. The van der Waals surface area contributed by atoms with E-state index >= 15 is 0 Å². The van der Waals surface area contributed by atoms with Crippen molar-refractivity contribution in [2.45, 2.75) is 38.1 Å². The van der Waals surface area contributed by atoms with Crippen LogP contribution in [-0.4, -0.2) is 6.61 Å². The molecule has 1 unspecified atom stereocenters. The van der Waals surface area contributed by atoms with Gasteiger partial charge in [-0.05, 0) is 54.9 Å². The van der Waals surface area contributed by atoms with E-state index in [4.69, 9.17) is 10.5 Å². The standard InChI is InChI=1S/C14H19NO/c15-14-7-4-11-8-12(5-6-13(11)14)16-9-10-2-1-3-10/h5-6,8,10,14H,1-4,7,9,15H2. The third-order valence-electron chi connectivity index (χ3n) is 3.95. The summed E-state index contributed by atoms with van der Waals surface area (Å²) in [6.07, 6.45) is 6.26. The van der Waals surface area contributed by atoms with Crippen molar-refractivity contribution in [2.75, 3.05) is 6.61 Å². The van der Waals surface area contributed by atoms with Crippen molar-refractivity contribution in [3.63, 3.8) is 0 Å². The molecule has 3 rings (SSSR count). The van der Waals surface area contributed by atoms with E-state index < -0.39 is 0 Å². The number of ether oxygens (including phenoxy) is 1. The Bertz CT molecular complexity index is 384. The monoisotopic (exact) mass is 217 g/mol. The van der Waals surface area contributed by atoms with E-state index in [1.54, 1.807) is 0 Å². The fourth-order valence-electron chi connectivity index (χ4n) is 2.59. The lowest BCUT2D eigenvalue weighted by Gasteiger charge is -2.25. The molecule has 2 nitrogen and oxygen atoms in total. The number of nitrogens with two attached hydrogens (primary N) is 1. The topological polar surface area (TPSA) is 35.2 Å². The van der Waals surface area contributed by atoms with Gasteiger partial charge in [0, 0.05) is 6.04 Å². The van der Waals surface area contributed by atoms with Gasteiger partial charge in [-0.1, -0.05) is 12.5 Å². The van der Waals surface area contributed by atoms with Crippen molar-refractivity contribution >= 4 is 0 Å². The first-order valence-electron chi connectivity index (χ1n) is 6.34. The first-order valence-corrected chi connectivity index (χ1v) is 6.34. The number of aryl methyl sites for hydroxylation is 1. The highest BCUT2D eigenvalue weighted by molar-refractivity contribution is 5.40. The third-order valence-corrected chi connectivity index (χ3v) is 3.95. The van der Waals surface area contributed by atoms with Crippen molar-refractivity contribution in [2.24, 2.45) is 11.7 Å². The molecule has 86 valence electrons. The minimum atomic E-state index is 0.246. The predicted octanol–water partition coefficient (Wildman–Crippen LogP) is 2.81. The number of fused-ring (bicyclic) bond motifs is 1. The Balaban J connectivity index is 1.67. The van der Waals surface area contributed by atoms with Crippen LogP contribution in [0.4, 0.5) is 0 Å². The molecular weight excluding hydrogens is 198 g/mol. The highest BCUT2D eigenvalue weighted by atomic mass is 16.5. The van der Waals surface area contributed by atoms with E-state index in [2.05, 4.69) is 18.2 Å². The Labute approximate surface area is 96.8 Å². The zero-order valence-electron chi connectivity index (χ0n) is 9.61. The first kappa shape index (κ1) is 10.2. The van der Waals surface area contributed by atoms with Crippen molar-refractivity contribution < 1.29 is 4.74 Å². The Kier molecular flexibility index (Phi) is 2.60. The maximum Gasteiger partial charge on any atom is 0.119 e. The van der Waals surface area contributed by atoms with Crippen molar-refractivity contribution in [3.8, 4) is 5.75 Å². The molecule has 2 aliphatic rings. The molecule has 0 heterocycles. The lowest BCUT2D eigenvalue weighted by molar-refractivity contribution is 0.180. The average molecular weight is 217 g/mol. The summed E-state index contributed by atoms with van der Waals surface area (Å²) in [6.45, 7) is 0.894. The summed E-state index contributed by atoms with van der Waals surface area (Å²) in [5.74, 6) is 1.83. The summed E-state index contributed by atoms with van der Waals surface area (Å²) < 4.78 is 5.83. The summed E-state index contributed by atoms with van der Waals surface area (Å²) in [6, 6.07) is 6.64. The second-order valence-corrected chi connectivity index (χ2v) is 5.11. The Morgan fingerprint density at radius 2 is 2.12 bits per heavy atom. The van der Waals surface area contributed by atoms with Crippen LogP contribution in [0.15, 0.2) is 18.2 Å². The van der Waals surface area contributed by atoms with E-state index in [1.807, 2.05) is 0 Å². The minimum Gasteiger partial charge on any atom is -0.493 e. The van der Waals surface area contributed by atoms with E-state index in [0.717, 1.165) is 31.1 Å². The maximum absolute atomic E-state index is 6.01. The lowest BCUT2D eigenvalue weighted by Crippen LogP contribution is -2.19. The molecule has 0 bridgehead atoms. The predicted molar refractivity (Wildman–Crippen MR) is 64.5 cm³/mol. The zero-order valence-corrected chi connectivity index (χ0v) is 9.61. The van der Waals surface area contributed by atoms with Crippen LogP contribution in [0.5, 0.6) is 5.75 Å². The molecule has 0 aromatic heterocycles. The van der Waals surface area contributed by atoms with Crippen molar-refractivity contribution in [1.29, 1.82) is 0 Å². The summed E-state index contributed by atoms with van der Waals surface area (Å²) in [7, 11) is 0. The van der Waals surface area contributed by atoms with Crippen LogP contribution in [0.3, 0.4) is 0 Å². The maximum atomic E-state index is 6.01. The highest BCUT2D eigenvalue weighted by Gasteiger charge is 2.20. The van der Waals surface area contributed by atoms with Gasteiger partial charge in [-0.15, -0.1) is 0 Å². The second kappa shape index (κ2) is 4.10. The fraction of sp³-hybridized carbons (Fsp3) is 0.571. The van der Waals surface area contributed by atoms with Gasteiger partial charge in [-0.2, -0.15) is 0 Å². The molecule has 2 heteroatoms. The van der Waals surface area contributed by atoms with Crippen LogP contribution in [0, 0.1) is 5.92 Å². The smallest absolute Gasteiger partial charge is 0.119 e. The molecule has 0 saturated heterocycles. The molecule has 0 aliphatic heterocycles. The molecule has 2 N–H and O–H groups in total. The lowest BCUT2D eigenvalue weighted by atomic mass is 9.86. The number of hydrogen-bond donors (Lipinski definition) is 1. The third kappa shape index (κ3) is 1.82. The van der Waals surface area contributed by atoms with E-state index in [-0.39, 0.29) is 6.04 Å². The van der Waals surface area contributed by atoms with Gasteiger partial charge in [0.25, 0.3) is 0 Å². The molecule has 1 atom stereocenters. The molecule has 2 aliphatic carbocycles. The molecule has 0 amide bonds. The molecule has 1 aromatic rings. The Hall–Kier alpha value is -1.02. The Morgan fingerprint density at radius 3 is 2.88 bits per heavy atom. The van der Waals surface area contributed by atoms with E-state index in [1.165, 1.54) is 30.4 Å². The fourth-order valence-corrected chi connectivity index (χ4v) is 2.59. The normalized spacial score (nSPS) is 23.9. The summed E-state index contributed by atoms with van der Waals surface area (Å²) in [4.78, 5) is 0. The number of rotatable bonds is 3. The quantitative estimate of drug-likeness (QED) is 0.845. The van der Waals surface area contributed by atoms with E-state index in [0.29, 0.717) is 0 Å². The van der Waals surface area contributed by atoms with Gasteiger partial charge in [-0.25, -0.2) is 0 Å². The Morgan fingerprint density at radius 1 is 1.25 bits per heavy atom. The molecule has 16 heavy (non-hydrogen) atoms. The SMILES string of the molecule is NC1CCc2cc(OCC3CCC3)ccc21. The number of hydrogen-bond acceptors (Lipinski definition) is 2. The van der Waals surface area contributed by atoms with Gasteiger partial charge in [0.2, 0.25) is 0 Å². The van der Waals surface area contributed by atoms with Gasteiger partial charge in [-0.3, -0.25) is 0 Å². The van der Waals surface area contributed by atoms with Crippen LogP contribution < -0.4 is 10.5 Å². The van der Waals surface area contributed by atoms with Crippen LogP contribution >= 0.6 is 0 Å². The van der Waals surface area contributed by atoms with Crippen LogP contribution in [-0.2, 0) is 6.42 Å². The van der Waals surface area contributed by atoms with Crippen molar-refractivity contribution in [3.05, 3.63) is 29.3 Å². The molecule has 1 fully saturated rings. The highest BCUT2D eigenvalue weighted by Crippen LogP contribution is 2.32. The van der Waals surface area contributed by atoms with E-state index in [9.17, 15) is 0 Å². The second-order valence-electron chi connectivity index (χ2n) is 5.11. The van der Waals surface area contributed by atoms with Crippen LogP contribution in [0.25, 0.3) is 0 Å². The largest absolute Gasteiger partial charge is 0.493 e. The molecule has 0 spiro atoms. The van der Waals surface area contributed by atoms with Gasteiger partial charge < -0.3 is 10.5 Å². The van der Waals surface area contributed by atoms with Crippen LogP contribution in [0.2, 0.25) is 0 Å². The average Bonchev–Trinajstić information content (AvgIpc) is 2.58.